The first-order valence-electron chi connectivity index (χ1n) is 6.50. The van der Waals surface area contributed by atoms with Gasteiger partial charge in [0.1, 0.15) is 0 Å². The van der Waals surface area contributed by atoms with Gasteiger partial charge >= 0.3 is 0 Å². The van der Waals surface area contributed by atoms with Crippen LogP contribution in [0.5, 0.6) is 0 Å². The van der Waals surface area contributed by atoms with Crippen molar-refractivity contribution in [1.29, 1.82) is 0 Å². The Hall–Kier alpha value is -0.940. The molecule has 1 atom stereocenters. The molecule has 1 fully saturated rings. The molecule has 0 aromatic carbocycles. The highest BCUT2D eigenvalue weighted by Crippen LogP contribution is 2.22. The van der Waals surface area contributed by atoms with Crippen LogP contribution in [0.4, 0.5) is 0 Å². The van der Waals surface area contributed by atoms with Crippen LogP contribution in [0, 0.1) is 0 Å². The second-order valence-corrected chi connectivity index (χ2v) is 5.89. The van der Waals surface area contributed by atoms with E-state index in [1.807, 2.05) is 14.1 Å². The highest BCUT2D eigenvalue weighted by Gasteiger charge is 2.31. The fourth-order valence-corrected chi connectivity index (χ4v) is 3.12. The third kappa shape index (κ3) is 2.90. The van der Waals surface area contributed by atoms with Crippen molar-refractivity contribution in [1.82, 2.24) is 14.8 Å². The molecule has 1 amide bonds. The minimum Gasteiger partial charge on any atom is -0.347 e. The number of amides is 1. The standard InChI is InChI=1S/C13H21N3OS/c1-4-12-14-10(9-18-12)8-16-7-5-6-11(16)13(17)15(2)3/h9,11H,4-8H2,1-3H3/t11-/m0/s1. The van der Waals surface area contributed by atoms with Crippen LogP contribution in [0.3, 0.4) is 0 Å². The summed E-state index contributed by atoms with van der Waals surface area (Å²) in [6.45, 7) is 3.93. The Morgan fingerprint density at radius 1 is 1.61 bits per heavy atom. The van der Waals surface area contributed by atoms with E-state index in [9.17, 15) is 4.79 Å². The van der Waals surface area contributed by atoms with Gasteiger partial charge in [-0.3, -0.25) is 9.69 Å². The van der Waals surface area contributed by atoms with Gasteiger partial charge in [0.15, 0.2) is 0 Å². The van der Waals surface area contributed by atoms with Crippen molar-refractivity contribution in [3.8, 4) is 0 Å². The van der Waals surface area contributed by atoms with Gasteiger partial charge in [0, 0.05) is 26.0 Å². The maximum Gasteiger partial charge on any atom is 0.239 e. The van der Waals surface area contributed by atoms with Crippen molar-refractivity contribution < 1.29 is 4.79 Å². The smallest absolute Gasteiger partial charge is 0.239 e. The molecule has 0 bridgehead atoms. The molecule has 0 aliphatic carbocycles. The SMILES string of the molecule is CCc1nc(CN2CCC[C@H]2C(=O)N(C)C)cs1. The predicted octanol–water partition coefficient (Wildman–Crippen LogP) is 1.76. The van der Waals surface area contributed by atoms with Crippen LogP contribution in [-0.2, 0) is 17.8 Å². The molecule has 0 N–H and O–H groups in total. The summed E-state index contributed by atoms with van der Waals surface area (Å²) < 4.78 is 0. The molecule has 0 unspecified atom stereocenters. The van der Waals surface area contributed by atoms with Crippen LogP contribution in [0.15, 0.2) is 5.38 Å². The lowest BCUT2D eigenvalue weighted by molar-refractivity contribution is -0.133. The number of carbonyl (C=O) groups excluding carboxylic acids is 1. The zero-order chi connectivity index (χ0) is 13.1. The molecule has 0 radical (unpaired) electrons. The molecule has 100 valence electrons. The summed E-state index contributed by atoms with van der Waals surface area (Å²) in [5.41, 5.74) is 1.11. The summed E-state index contributed by atoms with van der Waals surface area (Å²) in [5.74, 6) is 0.221. The number of carbonyl (C=O) groups is 1. The Balaban J connectivity index is 2.01. The summed E-state index contributed by atoms with van der Waals surface area (Å²) in [6.07, 6.45) is 3.07. The Morgan fingerprint density at radius 2 is 2.39 bits per heavy atom. The van der Waals surface area contributed by atoms with Gasteiger partial charge in [-0.25, -0.2) is 4.98 Å². The van der Waals surface area contributed by atoms with E-state index in [1.165, 1.54) is 5.01 Å². The Morgan fingerprint density at radius 3 is 3.00 bits per heavy atom. The van der Waals surface area contributed by atoms with E-state index < -0.39 is 0 Å². The zero-order valence-electron chi connectivity index (χ0n) is 11.3. The number of likely N-dealkylation sites (N-methyl/N-ethyl adjacent to an activating group) is 1. The summed E-state index contributed by atoms with van der Waals surface area (Å²) in [4.78, 5) is 20.6. The fraction of sp³-hybridized carbons (Fsp3) is 0.692. The molecular formula is C13H21N3OS. The third-order valence-corrected chi connectivity index (χ3v) is 4.40. The quantitative estimate of drug-likeness (QED) is 0.834. The predicted molar refractivity (Wildman–Crippen MR) is 73.6 cm³/mol. The zero-order valence-corrected chi connectivity index (χ0v) is 12.2. The van der Waals surface area contributed by atoms with Gasteiger partial charge in [0.05, 0.1) is 16.7 Å². The molecule has 5 heteroatoms. The molecule has 1 aromatic rings. The lowest BCUT2D eigenvalue weighted by atomic mass is 10.2. The number of nitrogens with zero attached hydrogens (tertiary/aromatic N) is 3. The minimum absolute atomic E-state index is 0.0479. The molecule has 0 spiro atoms. The van der Waals surface area contributed by atoms with E-state index in [0.29, 0.717) is 0 Å². The van der Waals surface area contributed by atoms with E-state index in [4.69, 9.17) is 0 Å². The number of hydrogen-bond donors (Lipinski definition) is 0. The molecule has 18 heavy (non-hydrogen) atoms. The molecule has 0 saturated carbocycles. The van der Waals surface area contributed by atoms with E-state index in [0.717, 1.165) is 38.0 Å². The maximum absolute atomic E-state index is 12.1. The van der Waals surface area contributed by atoms with Crippen molar-refractivity contribution in [3.63, 3.8) is 0 Å². The summed E-state index contributed by atoms with van der Waals surface area (Å²) in [5, 5.41) is 3.30. The van der Waals surface area contributed by atoms with Crippen LogP contribution in [-0.4, -0.2) is 47.4 Å². The van der Waals surface area contributed by atoms with E-state index in [-0.39, 0.29) is 11.9 Å². The summed E-state index contributed by atoms with van der Waals surface area (Å²) in [6, 6.07) is 0.0479. The molecule has 1 aliphatic rings. The Bertz CT molecular complexity index is 416. The van der Waals surface area contributed by atoms with Gasteiger partial charge in [-0.1, -0.05) is 6.92 Å². The number of aromatic nitrogens is 1. The van der Waals surface area contributed by atoms with Gasteiger partial charge in [0.2, 0.25) is 5.91 Å². The molecule has 2 heterocycles. The van der Waals surface area contributed by atoms with Crippen molar-refractivity contribution in [2.24, 2.45) is 0 Å². The monoisotopic (exact) mass is 267 g/mol. The number of aryl methyl sites for hydroxylation is 1. The topological polar surface area (TPSA) is 36.4 Å². The Labute approximate surface area is 113 Å². The van der Waals surface area contributed by atoms with Crippen molar-refractivity contribution in [2.75, 3.05) is 20.6 Å². The molecular weight excluding hydrogens is 246 g/mol. The van der Waals surface area contributed by atoms with Gasteiger partial charge < -0.3 is 4.90 Å². The summed E-state index contributed by atoms with van der Waals surface area (Å²) >= 11 is 1.72. The number of likely N-dealkylation sites (tertiary alicyclic amines) is 1. The number of rotatable bonds is 4. The fourth-order valence-electron chi connectivity index (χ4n) is 2.39. The van der Waals surface area contributed by atoms with E-state index >= 15 is 0 Å². The van der Waals surface area contributed by atoms with Crippen LogP contribution in [0.2, 0.25) is 0 Å². The average Bonchev–Trinajstić information content (AvgIpc) is 2.97. The van der Waals surface area contributed by atoms with Crippen LogP contribution >= 0.6 is 11.3 Å². The molecule has 4 nitrogen and oxygen atoms in total. The lowest BCUT2D eigenvalue weighted by Gasteiger charge is -2.25. The first kappa shape index (κ1) is 13.5. The van der Waals surface area contributed by atoms with E-state index in [2.05, 4.69) is 22.2 Å². The minimum atomic E-state index is 0.0479. The average molecular weight is 267 g/mol. The highest BCUT2D eigenvalue weighted by molar-refractivity contribution is 7.09. The first-order valence-corrected chi connectivity index (χ1v) is 7.38. The number of thiazole rings is 1. The highest BCUT2D eigenvalue weighted by atomic mass is 32.1. The van der Waals surface area contributed by atoms with Crippen molar-refractivity contribution >= 4 is 17.2 Å². The molecule has 1 saturated heterocycles. The lowest BCUT2D eigenvalue weighted by Crippen LogP contribution is -2.42. The van der Waals surface area contributed by atoms with Crippen molar-refractivity contribution in [2.45, 2.75) is 38.8 Å². The molecule has 1 aliphatic heterocycles. The molecule has 1 aromatic heterocycles. The number of hydrogen-bond acceptors (Lipinski definition) is 4. The van der Waals surface area contributed by atoms with Crippen LogP contribution in [0.1, 0.15) is 30.5 Å². The van der Waals surface area contributed by atoms with E-state index in [1.54, 1.807) is 16.2 Å². The third-order valence-electron chi connectivity index (χ3n) is 3.36. The molecule has 2 rings (SSSR count). The van der Waals surface area contributed by atoms with Crippen LogP contribution in [0.25, 0.3) is 0 Å². The second-order valence-electron chi connectivity index (χ2n) is 4.95. The van der Waals surface area contributed by atoms with Gasteiger partial charge in [0.25, 0.3) is 0 Å². The Kier molecular flexibility index (Phi) is 4.35. The largest absolute Gasteiger partial charge is 0.347 e. The first-order chi connectivity index (χ1) is 8.61. The van der Waals surface area contributed by atoms with Gasteiger partial charge in [-0.05, 0) is 25.8 Å². The van der Waals surface area contributed by atoms with Gasteiger partial charge in [-0.2, -0.15) is 0 Å². The second kappa shape index (κ2) is 5.80. The maximum atomic E-state index is 12.1. The van der Waals surface area contributed by atoms with Crippen molar-refractivity contribution in [3.05, 3.63) is 16.1 Å². The van der Waals surface area contributed by atoms with Gasteiger partial charge in [-0.15, -0.1) is 11.3 Å². The summed E-state index contributed by atoms with van der Waals surface area (Å²) in [7, 11) is 3.66. The van der Waals surface area contributed by atoms with Crippen LogP contribution < -0.4 is 0 Å². The normalized spacial score (nSPS) is 20.3.